The van der Waals surface area contributed by atoms with Crippen LogP contribution < -0.4 is 10.2 Å². The van der Waals surface area contributed by atoms with Gasteiger partial charge in [0.05, 0.1) is 22.7 Å². The molecular formula is C25H24F6N6O. The van der Waals surface area contributed by atoms with E-state index < -0.39 is 35.7 Å². The second-order valence-corrected chi connectivity index (χ2v) is 9.99. The van der Waals surface area contributed by atoms with Crippen LogP contribution in [0.1, 0.15) is 49.0 Å². The topological polar surface area (TPSA) is 74.2 Å². The van der Waals surface area contributed by atoms with Gasteiger partial charge in [-0.2, -0.15) is 13.2 Å². The molecule has 3 aromatic rings. The Morgan fingerprint density at radius 1 is 1.08 bits per heavy atom. The molecule has 1 unspecified atom stereocenters. The number of aryl methyl sites for hydroxylation is 1. The summed E-state index contributed by atoms with van der Waals surface area (Å²) in [6, 6.07) is 4.11. The van der Waals surface area contributed by atoms with Gasteiger partial charge in [-0.05, 0) is 19.9 Å². The molecular weight excluding hydrogens is 514 g/mol. The van der Waals surface area contributed by atoms with Gasteiger partial charge in [0.2, 0.25) is 5.91 Å². The fraction of sp³-hybridized carbons (Fsp3) is 0.440. The summed E-state index contributed by atoms with van der Waals surface area (Å²) >= 11 is 0. The number of anilines is 2. The SMILES string of the molecule is CC(=O)N1CC2(C1)CN(c1cc3c(NC(C)c4cccc(C(F)F)c4F)nc(C)nc3nc1C(F)(F)F)C2. The molecule has 0 radical (unpaired) electrons. The fourth-order valence-electron chi connectivity index (χ4n) is 5.19. The fourth-order valence-corrected chi connectivity index (χ4v) is 5.19. The van der Waals surface area contributed by atoms with Crippen LogP contribution in [-0.4, -0.2) is 51.9 Å². The maximum Gasteiger partial charge on any atom is 0.435 e. The zero-order valence-electron chi connectivity index (χ0n) is 20.7. The van der Waals surface area contributed by atoms with Gasteiger partial charge < -0.3 is 15.1 Å². The third kappa shape index (κ3) is 4.47. The number of carbonyl (C=O) groups excluding carboxylic acids is 1. The van der Waals surface area contributed by atoms with Crippen LogP contribution in [0, 0.1) is 18.2 Å². The lowest BCUT2D eigenvalue weighted by Gasteiger charge is -2.60. The molecule has 0 bridgehead atoms. The number of alkyl halides is 5. The number of amides is 1. The summed E-state index contributed by atoms with van der Waals surface area (Å²) in [6.07, 6.45) is -7.76. The van der Waals surface area contributed by atoms with E-state index in [1.54, 1.807) is 9.80 Å². The number of hydrogen-bond acceptors (Lipinski definition) is 6. The second kappa shape index (κ2) is 8.98. The minimum atomic E-state index is -4.75. The van der Waals surface area contributed by atoms with Crippen molar-refractivity contribution in [3.63, 3.8) is 0 Å². The maximum atomic E-state index is 14.7. The van der Waals surface area contributed by atoms with Gasteiger partial charge in [0, 0.05) is 44.1 Å². The summed E-state index contributed by atoms with van der Waals surface area (Å²) in [7, 11) is 0. The first-order valence-electron chi connectivity index (χ1n) is 11.9. The van der Waals surface area contributed by atoms with Crippen molar-refractivity contribution in [3.8, 4) is 0 Å². The van der Waals surface area contributed by atoms with E-state index in [0.717, 1.165) is 6.07 Å². The van der Waals surface area contributed by atoms with Crippen molar-refractivity contribution in [2.24, 2.45) is 5.41 Å². The van der Waals surface area contributed by atoms with Gasteiger partial charge in [-0.25, -0.2) is 28.1 Å². The number of rotatable bonds is 5. The predicted molar refractivity (Wildman–Crippen MR) is 127 cm³/mol. The Labute approximate surface area is 213 Å². The van der Waals surface area contributed by atoms with E-state index in [2.05, 4.69) is 20.3 Å². The van der Waals surface area contributed by atoms with Crippen LogP contribution in [0.2, 0.25) is 0 Å². The minimum absolute atomic E-state index is 0.0444. The van der Waals surface area contributed by atoms with E-state index in [-0.39, 0.29) is 45.2 Å². The Hall–Kier alpha value is -3.64. The minimum Gasteiger partial charge on any atom is -0.368 e. The highest BCUT2D eigenvalue weighted by atomic mass is 19.4. The average molecular weight is 538 g/mol. The normalized spacial score (nSPS) is 17.5. The number of benzene rings is 1. The molecule has 1 atom stereocenters. The summed E-state index contributed by atoms with van der Waals surface area (Å²) < 4.78 is 83.2. The van der Waals surface area contributed by atoms with E-state index in [4.69, 9.17) is 0 Å². The van der Waals surface area contributed by atoms with Crippen LogP contribution >= 0.6 is 0 Å². The number of hydrogen-bond donors (Lipinski definition) is 1. The van der Waals surface area contributed by atoms with Crippen molar-refractivity contribution in [1.29, 1.82) is 0 Å². The first-order valence-corrected chi connectivity index (χ1v) is 11.9. The molecule has 4 heterocycles. The van der Waals surface area contributed by atoms with Crippen LogP contribution in [-0.2, 0) is 11.0 Å². The largest absolute Gasteiger partial charge is 0.435 e. The van der Waals surface area contributed by atoms with E-state index in [9.17, 15) is 31.1 Å². The molecule has 7 nitrogen and oxygen atoms in total. The lowest BCUT2D eigenvalue weighted by Crippen LogP contribution is -2.73. The molecule has 1 spiro atoms. The Bertz CT molecular complexity index is 1410. The van der Waals surface area contributed by atoms with Crippen LogP contribution in [0.25, 0.3) is 11.0 Å². The first kappa shape index (κ1) is 26.0. The molecule has 0 aliphatic carbocycles. The van der Waals surface area contributed by atoms with Crippen molar-refractivity contribution in [1.82, 2.24) is 19.9 Å². The highest BCUT2D eigenvalue weighted by Crippen LogP contribution is 2.46. The van der Waals surface area contributed by atoms with Gasteiger partial charge in [-0.15, -0.1) is 0 Å². The van der Waals surface area contributed by atoms with E-state index in [1.165, 1.54) is 39.0 Å². The van der Waals surface area contributed by atoms with Crippen molar-refractivity contribution in [2.45, 2.75) is 39.4 Å². The summed E-state index contributed by atoms with van der Waals surface area (Å²) in [6.45, 7) is 6.08. The summed E-state index contributed by atoms with van der Waals surface area (Å²) in [5, 5.41) is 3.12. The molecule has 2 aromatic heterocycles. The predicted octanol–water partition coefficient (Wildman–Crippen LogP) is 5.27. The lowest BCUT2D eigenvalue weighted by atomic mass is 9.72. The average Bonchev–Trinajstić information content (AvgIpc) is 2.75. The van der Waals surface area contributed by atoms with E-state index >= 15 is 0 Å². The Morgan fingerprint density at radius 2 is 1.74 bits per heavy atom. The number of pyridine rings is 1. The molecule has 5 rings (SSSR count). The molecule has 1 amide bonds. The number of halogens is 6. The number of fused-ring (bicyclic) bond motifs is 1. The molecule has 2 aliphatic rings. The molecule has 1 aromatic carbocycles. The zero-order valence-corrected chi connectivity index (χ0v) is 20.7. The Morgan fingerprint density at radius 3 is 2.34 bits per heavy atom. The van der Waals surface area contributed by atoms with Gasteiger partial charge in [-0.3, -0.25) is 4.79 Å². The van der Waals surface area contributed by atoms with Gasteiger partial charge in [0.25, 0.3) is 6.43 Å². The third-order valence-corrected chi connectivity index (χ3v) is 7.05. The van der Waals surface area contributed by atoms with Crippen LogP contribution in [0.4, 0.5) is 37.8 Å². The van der Waals surface area contributed by atoms with E-state index in [0.29, 0.717) is 26.2 Å². The van der Waals surface area contributed by atoms with Crippen molar-refractivity contribution in [2.75, 3.05) is 36.4 Å². The second-order valence-electron chi connectivity index (χ2n) is 9.99. The lowest BCUT2D eigenvalue weighted by molar-refractivity contribution is -0.143. The monoisotopic (exact) mass is 538 g/mol. The molecule has 0 saturated carbocycles. The number of carbonyl (C=O) groups is 1. The van der Waals surface area contributed by atoms with Crippen LogP contribution in [0.15, 0.2) is 24.3 Å². The number of aromatic nitrogens is 3. The zero-order chi connectivity index (χ0) is 27.6. The molecule has 202 valence electrons. The molecule has 2 saturated heterocycles. The standard InChI is InChI=1S/C25H24F6N6O/c1-12(15-5-4-6-16(19(15)26)21(27)28)32-22-17-7-18(37-10-24(11-37)8-36(9-24)14(3)38)20(25(29,30)31)35-23(17)34-13(2)33-22/h4-7,12,21H,8-11H2,1-3H3,(H,32,33,34,35). The van der Waals surface area contributed by atoms with Gasteiger partial charge in [0.15, 0.2) is 11.3 Å². The summed E-state index contributed by atoms with van der Waals surface area (Å²) in [5.74, 6) is -0.915. The van der Waals surface area contributed by atoms with Crippen molar-refractivity contribution >= 4 is 28.4 Å². The highest BCUT2D eigenvalue weighted by molar-refractivity contribution is 5.90. The van der Waals surface area contributed by atoms with Gasteiger partial charge >= 0.3 is 6.18 Å². The summed E-state index contributed by atoms with van der Waals surface area (Å²) in [5.41, 5.74) is -2.48. The molecule has 13 heteroatoms. The van der Waals surface area contributed by atoms with Crippen LogP contribution in [0.3, 0.4) is 0 Å². The van der Waals surface area contributed by atoms with Crippen molar-refractivity contribution < 1.29 is 31.1 Å². The van der Waals surface area contributed by atoms with Gasteiger partial charge in [0.1, 0.15) is 17.5 Å². The maximum absolute atomic E-state index is 14.7. The summed E-state index contributed by atoms with van der Waals surface area (Å²) in [4.78, 5) is 27.0. The molecule has 38 heavy (non-hydrogen) atoms. The number of likely N-dealkylation sites (tertiary alicyclic amines) is 1. The quantitative estimate of drug-likeness (QED) is 0.447. The first-order chi connectivity index (χ1) is 17.8. The number of nitrogens with one attached hydrogen (secondary N) is 1. The highest BCUT2D eigenvalue weighted by Gasteiger charge is 2.54. The molecule has 2 aliphatic heterocycles. The Kier molecular flexibility index (Phi) is 6.14. The number of nitrogens with zero attached hydrogens (tertiary/aromatic N) is 5. The molecule has 1 N–H and O–H groups in total. The molecule has 2 fully saturated rings. The van der Waals surface area contributed by atoms with E-state index in [1.807, 2.05) is 0 Å². The third-order valence-electron chi connectivity index (χ3n) is 7.05. The van der Waals surface area contributed by atoms with Crippen LogP contribution in [0.5, 0.6) is 0 Å². The van der Waals surface area contributed by atoms with Gasteiger partial charge in [-0.1, -0.05) is 18.2 Å². The van der Waals surface area contributed by atoms with Crippen molar-refractivity contribution in [3.05, 3.63) is 52.7 Å². The smallest absolute Gasteiger partial charge is 0.368 e. The Balaban J connectivity index is 1.51.